The third kappa shape index (κ3) is 9.22. The van der Waals surface area contributed by atoms with Gasteiger partial charge in [-0.25, -0.2) is 12.8 Å². The number of carbonyl (C=O) groups is 2. The van der Waals surface area contributed by atoms with Gasteiger partial charge in [0.1, 0.15) is 18.0 Å². The Hall–Kier alpha value is -2.42. The number of carbonyl (C=O) groups excluding carboxylic acids is 2. The van der Waals surface area contributed by atoms with Crippen molar-refractivity contribution in [2.24, 2.45) is 11.3 Å². The van der Waals surface area contributed by atoms with Crippen molar-refractivity contribution in [2.45, 2.75) is 77.7 Å². The topological polar surface area (TPSA) is 90.0 Å². The molecule has 0 bridgehead atoms. The molecule has 2 rings (SSSR count). The quantitative estimate of drug-likeness (QED) is 0.395. The lowest BCUT2D eigenvalue weighted by molar-refractivity contribution is -0.154. The summed E-state index contributed by atoms with van der Waals surface area (Å²) in [6, 6.07) is 6.07. The molecule has 202 valence electrons. The molecular weight excluding hydrogens is 485 g/mol. The highest BCUT2D eigenvalue weighted by Gasteiger charge is 2.36. The summed E-state index contributed by atoms with van der Waals surface area (Å²) in [5, 5.41) is 0. The number of amides is 1. The fourth-order valence-corrected chi connectivity index (χ4v) is 5.97. The van der Waals surface area contributed by atoms with E-state index in [9.17, 15) is 22.4 Å². The number of likely N-dealkylation sites (tertiary alicyclic amines) is 1. The van der Waals surface area contributed by atoms with Gasteiger partial charge in [-0.3, -0.25) is 9.59 Å². The Morgan fingerprint density at radius 3 is 2.19 bits per heavy atom. The summed E-state index contributed by atoms with van der Waals surface area (Å²) in [7, 11) is -3.54. The molecule has 1 saturated heterocycles. The fourth-order valence-electron chi connectivity index (χ4n) is 4.05. The van der Waals surface area contributed by atoms with Crippen molar-refractivity contribution in [3.63, 3.8) is 0 Å². The summed E-state index contributed by atoms with van der Waals surface area (Å²) >= 11 is 0. The van der Waals surface area contributed by atoms with E-state index in [1.54, 1.807) is 32.9 Å². The molecule has 9 heteroatoms. The van der Waals surface area contributed by atoms with E-state index in [-0.39, 0.29) is 41.9 Å². The van der Waals surface area contributed by atoms with Gasteiger partial charge >= 0.3 is 5.97 Å². The van der Waals surface area contributed by atoms with Crippen molar-refractivity contribution in [1.82, 2.24) is 4.90 Å². The largest absolute Gasteiger partial charge is 0.489 e. The molecule has 7 nitrogen and oxygen atoms in total. The third-order valence-electron chi connectivity index (χ3n) is 6.15. The lowest BCUT2D eigenvalue weighted by atomic mass is 9.82. The summed E-state index contributed by atoms with van der Waals surface area (Å²) < 4.78 is 50.2. The molecule has 1 heterocycles. The van der Waals surface area contributed by atoms with E-state index in [1.807, 2.05) is 25.7 Å². The zero-order valence-corrected chi connectivity index (χ0v) is 23.1. The van der Waals surface area contributed by atoms with Gasteiger partial charge in [0, 0.05) is 25.4 Å². The molecule has 1 aromatic rings. The lowest BCUT2D eigenvalue weighted by Crippen LogP contribution is -2.45. The Bertz CT molecular complexity index is 1030. The molecule has 0 N–H and O–H groups in total. The second kappa shape index (κ2) is 12.2. The molecule has 1 fully saturated rings. The first-order valence-electron chi connectivity index (χ1n) is 12.4. The second-order valence-corrected chi connectivity index (χ2v) is 13.2. The number of piperidine rings is 1. The number of ether oxygens (including phenoxy) is 2. The molecule has 0 aromatic heterocycles. The third-order valence-corrected chi connectivity index (χ3v) is 8.21. The molecule has 0 unspecified atom stereocenters. The lowest BCUT2D eigenvalue weighted by Gasteiger charge is -2.39. The normalized spacial score (nSPS) is 16.7. The Morgan fingerprint density at radius 1 is 1.11 bits per heavy atom. The van der Waals surface area contributed by atoms with Gasteiger partial charge in [0.15, 0.2) is 9.84 Å². The van der Waals surface area contributed by atoms with Gasteiger partial charge in [0.05, 0.1) is 17.0 Å². The standard InChI is InChI=1S/C27H40FNO6S/c1-20(2)25(31)29-15-13-27(6,14-16-29)19-36(32,33)23-10-8-22(9-11-23)34-18-21(17-28)7-12-24(30)35-26(3,4)5/h8-11,17,20H,7,12-16,18-19H2,1-6H3/b21-17+. The van der Waals surface area contributed by atoms with Gasteiger partial charge in [0.25, 0.3) is 0 Å². The molecule has 1 amide bonds. The number of rotatable bonds is 10. The summed E-state index contributed by atoms with van der Waals surface area (Å²) in [5.74, 6) is 0.0227. The van der Waals surface area contributed by atoms with E-state index in [0.717, 1.165) is 0 Å². The number of esters is 1. The van der Waals surface area contributed by atoms with Crippen molar-refractivity contribution < 1.29 is 31.9 Å². The van der Waals surface area contributed by atoms with Crippen LogP contribution in [0.3, 0.4) is 0 Å². The zero-order valence-electron chi connectivity index (χ0n) is 22.3. The average Bonchev–Trinajstić information content (AvgIpc) is 2.77. The molecule has 1 aliphatic heterocycles. The highest BCUT2D eigenvalue weighted by atomic mass is 32.2. The Morgan fingerprint density at radius 2 is 1.69 bits per heavy atom. The molecule has 0 radical (unpaired) electrons. The Labute approximate surface area is 215 Å². The maximum absolute atomic E-state index is 13.2. The first-order valence-corrected chi connectivity index (χ1v) is 14.0. The van der Waals surface area contributed by atoms with Crippen molar-refractivity contribution in [2.75, 3.05) is 25.4 Å². The van der Waals surface area contributed by atoms with E-state index in [2.05, 4.69) is 0 Å². The Balaban J connectivity index is 1.90. The van der Waals surface area contributed by atoms with Gasteiger partial charge in [-0.05, 0) is 75.3 Å². The monoisotopic (exact) mass is 525 g/mol. The first kappa shape index (κ1) is 29.8. The number of sulfone groups is 1. The van der Waals surface area contributed by atoms with Crippen LogP contribution in [0.2, 0.25) is 0 Å². The molecule has 1 aliphatic rings. The van der Waals surface area contributed by atoms with Crippen LogP contribution in [0.15, 0.2) is 41.1 Å². The van der Waals surface area contributed by atoms with E-state index in [1.165, 1.54) is 12.1 Å². The predicted molar refractivity (Wildman–Crippen MR) is 137 cm³/mol. The van der Waals surface area contributed by atoms with E-state index in [4.69, 9.17) is 9.47 Å². The van der Waals surface area contributed by atoms with Crippen molar-refractivity contribution in [3.05, 3.63) is 36.2 Å². The summed E-state index contributed by atoms with van der Waals surface area (Å²) in [6.45, 7) is 12.1. The molecule has 1 aromatic carbocycles. The van der Waals surface area contributed by atoms with E-state index < -0.39 is 26.8 Å². The minimum atomic E-state index is -3.54. The number of hydrogen-bond acceptors (Lipinski definition) is 6. The summed E-state index contributed by atoms with van der Waals surface area (Å²) in [6.07, 6.45) is 1.89. The molecule has 0 aliphatic carbocycles. The number of benzene rings is 1. The average molecular weight is 526 g/mol. The van der Waals surface area contributed by atoms with Crippen LogP contribution in [0.5, 0.6) is 5.75 Å². The Kier molecular flexibility index (Phi) is 10.1. The van der Waals surface area contributed by atoms with Crippen molar-refractivity contribution in [3.8, 4) is 5.75 Å². The minimum Gasteiger partial charge on any atom is -0.489 e. The van der Waals surface area contributed by atoms with Gasteiger partial charge in [-0.15, -0.1) is 0 Å². The van der Waals surface area contributed by atoms with E-state index in [0.29, 0.717) is 43.6 Å². The van der Waals surface area contributed by atoms with Crippen LogP contribution in [-0.4, -0.2) is 56.2 Å². The predicted octanol–water partition coefficient (Wildman–Crippen LogP) is 5.10. The van der Waals surface area contributed by atoms with Crippen LogP contribution in [0.25, 0.3) is 0 Å². The van der Waals surface area contributed by atoms with Crippen LogP contribution >= 0.6 is 0 Å². The van der Waals surface area contributed by atoms with Crippen LogP contribution in [0.4, 0.5) is 4.39 Å². The highest BCUT2D eigenvalue weighted by molar-refractivity contribution is 7.91. The minimum absolute atomic E-state index is 0.00329. The summed E-state index contributed by atoms with van der Waals surface area (Å²) in [4.78, 5) is 26.1. The zero-order chi connectivity index (χ0) is 27.1. The maximum Gasteiger partial charge on any atom is 0.306 e. The van der Waals surface area contributed by atoms with Crippen molar-refractivity contribution in [1.29, 1.82) is 0 Å². The fraction of sp³-hybridized carbons (Fsp3) is 0.630. The van der Waals surface area contributed by atoms with Crippen LogP contribution < -0.4 is 4.74 Å². The smallest absolute Gasteiger partial charge is 0.306 e. The van der Waals surface area contributed by atoms with Crippen LogP contribution in [0.1, 0.15) is 67.2 Å². The number of hydrogen-bond donors (Lipinski definition) is 0. The number of nitrogens with zero attached hydrogens (tertiary/aromatic N) is 1. The SMILES string of the molecule is CC(C)C(=O)N1CCC(C)(CS(=O)(=O)c2ccc(OC/C(=C/F)CCC(=O)OC(C)(C)C)cc2)CC1. The molecule has 36 heavy (non-hydrogen) atoms. The molecule has 0 atom stereocenters. The van der Waals surface area contributed by atoms with Crippen LogP contribution in [0, 0.1) is 11.3 Å². The summed E-state index contributed by atoms with van der Waals surface area (Å²) in [5.41, 5.74) is -0.708. The maximum atomic E-state index is 13.2. The highest BCUT2D eigenvalue weighted by Crippen LogP contribution is 2.35. The van der Waals surface area contributed by atoms with Crippen LogP contribution in [-0.2, 0) is 24.2 Å². The molecule has 0 spiro atoms. The van der Waals surface area contributed by atoms with Gasteiger partial charge < -0.3 is 14.4 Å². The first-order chi connectivity index (χ1) is 16.6. The van der Waals surface area contributed by atoms with Gasteiger partial charge in [-0.1, -0.05) is 20.8 Å². The van der Waals surface area contributed by atoms with Gasteiger partial charge in [0.2, 0.25) is 5.91 Å². The molecular formula is C27H40FNO6S. The molecule has 0 saturated carbocycles. The van der Waals surface area contributed by atoms with Gasteiger partial charge in [-0.2, -0.15) is 0 Å². The van der Waals surface area contributed by atoms with E-state index >= 15 is 0 Å². The second-order valence-electron chi connectivity index (χ2n) is 11.2. The van der Waals surface area contributed by atoms with Crippen molar-refractivity contribution >= 4 is 21.7 Å². The number of halogens is 1.